The molecule has 1 aliphatic rings. The zero-order chi connectivity index (χ0) is 15.5. The number of aliphatic hydroxyl groups excluding tert-OH is 3. The molecule has 6 N–H and O–H groups in total. The summed E-state index contributed by atoms with van der Waals surface area (Å²) in [5, 5.41) is 50.3. The molecular weight excluding hydrogens is 270 g/mol. The lowest BCUT2D eigenvalue weighted by Crippen LogP contribution is -2.65. The zero-order valence-corrected chi connectivity index (χ0v) is 11.6. The highest BCUT2D eigenvalue weighted by Gasteiger charge is 2.48. The summed E-state index contributed by atoms with van der Waals surface area (Å²) in [6.07, 6.45) is -4.24. The lowest BCUT2D eigenvalue weighted by atomic mass is 9.96. The Kier molecular flexibility index (Phi) is 5.87. The van der Waals surface area contributed by atoms with Gasteiger partial charge in [0.25, 0.3) is 0 Å². The average molecular weight is 293 g/mol. The van der Waals surface area contributed by atoms with E-state index < -0.39 is 36.1 Å². The molecule has 118 valence electrons. The average Bonchev–Trinajstić information content (AvgIpc) is 2.36. The molecule has 0 aromatic carbocycles. The highest BCUT2D eigenvalue weighted by atomic mass is 16.6. The Morgan fingerprint density at radius 2 is 2.00 bits per heavy atom. The first-order valence-electron chi connectivity index (χ1n) is 6.54. The van der Waals surface area contributed by atoms with Gasteiger partial charge in [0.05, 0.1) is 13.2 Å². The topological polar surface area (TPSA) is 139 Å². The summed E-state index contributed by atoms with van der Waals surface area (Å²) in [6.45, 7) is 3.00. The van der Waals surface area contributed by atoms with Gasteiger partial charge in [-0.1, -0.05) is 13.8 Å². The fraction of sp³-hybridized carbons (Fsp3) is 0.917. The SMILES string of the molecule is CC(C)CC(NCC1(O)OC[C@@H](O)[C@@H](O)[C@@H]1O)C(=O)O. The van der Waals surface area contributed by atoms with Crippen LogP contribution in [0.3, 0.4) is 0 Å². The number of carbonyl (C=O) groups is 1. The van der Waals surface area contributed by atoms with Crippen LogP contribution in [0.1, 0.15) is 20.3 Å². The van der Waals surface area contributed by atoms with Crippen LogP contribution < -0.4 is 5.32 Å². The highest BCUT2D eigenvalue weighted by Crippen LogP contribution is 2.23. The second-order valence-electron chi connectivity index (χ2n) is 5.56. The Balaban J connectivity index is 2.64. The Morgan fingerprint density at radius 1 is 1.40 bits per heavy atom. The fourth-order valence-electron chi connectivity index (χ4n) is 2.06. The molecule has 0 bridgehead atoms. The van der Waals surface area contributed by atoms with Gasteiger partial charge in [-0.3, -0.25) is 10.1 Å². The van der Waals surface area contributed by atoms with E-state index in [2.05, 4.69) is 5.32 Å². The number of carboxylic acid groups (broad SMARTS) is 1. The third kappa shape index (κ3) is 4.11. The lowest BCUT2D eigenvalue weighted by molar-refractivity contribution is -0.318. The summed E-state index contributed by atoms with van der Waals surface area (Å²) in [7, 11) is 0. The van der Waals surface area contributed by atoms with Gasteiger partial charge < -0.3 is 30.3 Å². The van der Waals surface area contributed by atoms with Crippen molar-refractivity contribution in [1.82, 2.24) is 5.32 Å². The molecule has 1 heterocycles. The van der Waals surface area contributed by atoms with Gasteiger partial charge in [0, 0.05) is 0 Å². The van der Waals surface area contributed by atoms with Crippen molar-refractivity contribution < 1.29 is 35.1 Å². The minimum Gasteiger partial charge on any atom is -0.480 e. The Labute approximate surface area is 117 Å². The van der Waals surface area contributed by atoms with E-state index in [-0.39, 0.29) is 19.1 Å². The molecule has 2 unspecified atom stereocenters. The van der Waals surface area contributed by atoms with Crippen molar-refractivity contribution in [1.29, 1.82) is 0 Å². The van der Waals surface area contributed by atoms with Crippen molar-refractivity contribution in [2.75, 3.05) is 13.2 Å². The van der Waals surface area contributed by atoms with Crippen molar-refractivity contribution in [3.63, 3.8) is 0 Å². The van der Waals surface area contributed by atoms with Crippen molar-refractivity contribution in [2.45, 2.75) is 50.4 Å². The number of rotatable bonds is 6. The molecule has 1 aliphatic heterocycles. The number of nitrogens with one attached hydrogen (secondary N) is 1. The van der Waals surface area contributed by atoms with Crippen LogP contribution in [0.5, 0.6) is 0 Å². The van der Waals surface area contributed by atoms with Crippen LogP contribution in [0.15, 0.2) is 0 Å². The number of ether oxygens (including phenoxy) is 1. The summed E-state index contributed by atoms with van der Waals surface area (Å²) >= 11 is 0. The summed E-state index contributed by atoms with van der Waals surface area (Å²) in [4.78, 5) is 11.1. The van der Waals surface area contributed by atoms with Crippen LogP contribution in [0.25, 0.3) is 0 Å². The van der Waals surface area contributed by atoms with Gasteiger partial charge in [0.15, 0.2) is 0 Å². The number of hydrogen-bond acceptors (Lipinski definition) is 7. The van der Waals surface area contributed by atoms with Crippen molar-refractivity contribution in [3.8, 4) is 0 Å². The molecule has 5 atom stereocenters. The first-order chi connectivity index (χ1) is 9.17. The normalized spacial score (nSPS) is 36.0. The van der Waals surface area contributed by atoms with Gasteiger partial charge in [-0.2, -0.15) is 0 Å². The zero-order valence-electron chi connectivity index (χ0n) is 11.6. The molecule has 0 amide bonds. The summed E-state index contributed by atoms with van der Waals surface area (Å²) in [5.74, 6) is -3.08. The van der Waals surface area contributed by atoms with E-state index in [0.29, 0.717) is 6.42 Å². The van der Waals surface area contributed by atoms with Crippen LogP contribution in [-0.4, -0.2) is 74.8 Å². The quantitative estimate of drug-likeness (QED) is 0.326. The number of aliphatic carboxylic acids is 1. The second-order valence-corrected chi connectivity index (χ2v) is 5.56. The predicted molar refractivity (Wildman–Crippen MR) is 67.8 cm³/mol. The standard InChI is InChI=1S/C12H23NO7/c1-6(2)3-7(11(17)18)13-5-12(19)10(16)9(15)8(14)4-20-12/h6-10,13-16,19H,3-5H2,1-2H3,(H,17,18)/t7?,8-,9-,10+,12?/m1/s1. The van der Waals surface area contributed by atoms with Crippen LogP contribution in [-0.2, 0) is 9.53 Å². The molecule has 20 heavy (non-hydrogen) atoms. The minimum absolute atomic E-state index is 0.128. The van der Waals surface area contributed by atoms with Crippen molar-refractivity contribution in [3.05, 3.63) is 0 Å². The molecule has 0 aromatic rings. The van der Waals surface area contributed by atoms with E-state index in [4.69, 9.17) is 9.84 Å². The molecular formula is C12H23NO7. The molecule has 1 rings (SSSR count). The second kappa shape index (κ2) is 6.79. The van der Waals surface area contributed by atoms with Crippen LogP contribution >= 0.6 is 0 Å². The maximum atomic E-state index is 11.1. The summed E-state index contributed by atoms with van der Waals surface area (Å²) < 4.78 is 4.94. The highest BCUT2D eigenvalue weighted by molar-refractivity contribution is 5.73. The smallest absolute Gasteiger partial charge is 0.320 e. The third-order valence-corrected chi connectivity index (χ3v) is 3.29. The molecule has 8 heteroatoms. The molecule has 1 saturated heterocycles. The van der Waals surface area contributed by atoms with Gasteiger partial charge in [-0.25, -0.2) is 0 Å². The molecule has 0 saturated carbocycles. The third-order valence-electron chi connectivity index (χ3n) is 3.29. The monoisotopic (exact) mass is 293 g/mol. The maximum absolute atomic E-state index is 11.1. The van der Waals surface area contributed by atoms with Crippen molar-refractivity contribution >= 4 is 5.97 Å². The van der Waals surface area contributed by atoms with Gasteiger partial charge in [0.1, 0.15) is 24.4 Å². The van der Waals surface area contributed by atoms with Crippen LogP contribution in [0, 0.1) is 5.92 Å². The molecule has 0 spiro atoms. The molecule has 0 aliphatic carbocycles. The van der Waals surface area contributed by atoms with Gasteiger partial charge in [-0.15, -0.1) is 0 Å². The number of aliphatic hydroxyl groups is 4. The molecule has 0 radical (unpaired) electrons. The van der Waals surface area contributed by atoms with E-state index in [0.717, 1.165) is 0 Å². The Hall–Kier alpha value is -0.770. The van der Waals surface area contributed by atoms with Crippen LogP contribution in [0.2, 0.25) is 0 Å². The molecule has 8 nitrogen and oxygen atoms in total. The largest absolute Gasteiger partial charge is 0.480 e. The number of hydrogen-bond donors (Lipinski definition) is 6. The van der Waals surface area contributed by atoms with E-state index in [9.17, 15) is 25.2 Å². The molecule has 0 aromatic heterocycles. The van der Waals surface area contributed by atoms with E-state index in [1.165, 1.54) is 0 Å². The first-order valence-corrected chi connectivity index (χ1v) is 6.54. The van der Waals surface area contributed by atoms with E-state index >= 15 is 0 Å². The predicted octanol–water partition coefficient (Wildman–Crippen LogP) is -2.12. The van der Waals surface area contributed by atoms with E-state index in [1.807, 2.05) is 13.8 Å². The minimum atomic E-state index is -2.14. The summed E-state index contributed by atoms with van der Waals surface area (Å²) in [6, 6.07) is -0.904. The van der Waals surface area contributed by atoms with Crippen molar-refractivity contribution in [2.24, 2.45) is 5.92 Å². The Bertz CT molecular complexity index is 338. The number of carboxylic acids is 1. The van der Waals surface area contributed by atoms with Crippen LogP contribution in [0.4, 0.5) is 0 Å². The summed E-state index contributed by atoms with van der Waals surface area (Å²) in [5.41, 5.74) is 0. The van der Waals surface area contributed by atoms with E-state index in [1.54, 1.807) is 0 Å². The Morgan fingerprint density at radius 3 is 2.50 bits per heavy atom. The maximum Gasteiger partial charge on any atom is 0.320 e. The lowest BCUT2D eigenvalue weighted by Gasteiger charge is -2.42. The van der Waals surface area contributed by atoms with Gasteiger partial charge in [-0.05, 0) is 12.3 Å². The molecule has 1 fully saturated rings. The van der Waals surface area contributed by atoms with Gasteiger partial charge in [0.2, 0.25) is 5.79 Å². The fourth-order valence-corrected chi connectivity index (χ4v) is 2.06. The first kappa shape index (κ1) is 17.3. The van der Waals surface area contributed by atoms with Gasteiger partial charge >= 0.3 is 5.97 Å².